The van der Waals surface area contributed by atoms with E-state index in [9.17, 15) is 43.2 Å². The van der Waals surface area contributed by atoms with Crippen molar-refractivity contribution in [3.8, 4) is 0 Å². The Morgan fingerprint density at radius 3 is 0.927 bits per heavy atom. The number of phosphoric ester groups is 2. The molecule has 0 aromatic carbocycles. The number of aliphatic hydroxyl groups excluding tert-OH is 1. The maximum absolute atomic E-state index is 13.0. The summed E-state index contributed by atoms with van der Waals surface area (Å²) in [5.41, 5.74) is 0. The first kappa shape index (κ1) is 80.1. The molecule has 17 nitrogen and oxygen atoms in total. The van der Waals surface area contributed by atoms with Crippen molar-refractivity contribution in [2.24, 2.45) is 17.8 Å². The Hall–Kier alpha value is -1.94. The second-order valence-corrected chi connectivity index (χ2v) is 26.9. The van der Waals surface area contributed by atoms with Crippen LogP contribution in [-0.2, 0) is 65.4 Å². The monoisotopic (exact) mass is 1210 g/mol. The van der Waals surface area contributed by atoms with Crippen molar-refractivity contribution in [1.29, 1.82) is 0 Å². The van der Waals surface area contributed by atoms with Crippen LogP contribution in [0.4, 0.5) is 0 Å². The summed E-state index contributed by atoms with van der Waals surface area (Å²) in [7, 11) is -9.88. The molecule has 0 heterocycles. The van der Waals surface area contributed by atoms with E-state index in [4.69, 9.17) is 37.0 Å². The molecule has 0 fully saturated rings. The number of carbonyl (C=O) groups is 4. The number of carbonyl (C=O) groups excluding carboxylic acids is 4. The van der Waals surface area contributed by atoms with Crippen molar-refractivity contribution in [3.63, 3.8) is 0 Å². The van der Waals surface area contributed by atoms with Crippen molar-refractivity contribution >= 4 is 39.5 Å². The number of hydrogen-bond acceptors (Lipinski definition) is 15. The van der Waals surface area contributed by atoms with Crippen molar-refractivity contribution in [2.75, 3.05) is 39.6 Å². The summed E-state index contributed by atoms with van der Waals surface area (Å²) < 4.78 is 67.8. The van der Waals surface area contributed by atoms with E-state index in [1.807, 2.05) is 0 Å². The van der Waals surface area contributed by atoms with Crippen LogP contribution in [0.25, 0.3) is 0 Å². The third kappa shape index (κ3) is 55.9. The van der Waals surface area contributed by atoms with E-state index in [0.29, 0.717) is 25.7 Å². The second-order valence-electron chi connectivity index (χ2n) is 24.0. The van der Waals surface area contributed by atoms with Crippen LogP contribution in [0.15, 0.2) is 0 Å². The van der Waals surface area contributed by atoms with Gasteiger partial charge in [-0.05, 0) is 43.4 Å². The van der Waals surface area contributed by atoms with Gasteiger partial charge in [-0.15, -0.1) is 0 Å². The Morgan fingerprint density at radius 1 is 0.354 bits per heavy atom. The zero-order valence-electron chi connectivity index (χ0n) is 52.9. The van der Waals surface area contributed by atoms with Crippen molar-refractivity contribution in [2.45, 2.75) is 324 Å². The summed E-state index contributed by atoms with van der Waals surface area (Å²) in [6.45, 7) is 11.7. The summed E-state index contributed by atoms with van der Waals surface area (Å²) in [6, 6.07) is 0. The lowest BCUT2D eigenvalue weighted by molar-refractivity contribution is -0.161. The number of unbranched alkanes of at least 4 members (excludes halogenated alkanes) is 28. The SMILES string of the molecule is CCCCCCCC(=O)OC[C@H](COP(=O)(O)OC[C@H](O)COP(=O)(O)OC[C@@H](COC(=O)CCCCCCCCCCCC(C)C)OC(=O)CCCCCCCCCCCCC(C)C)OC(=O)CCCCCCCCCCC(C)CC. The summed E-state index contributed by atoms with van der Waals surface area (Å²) in [6.07, 6.45) is 35.1. The van der Waals surface area contributed by atoms with E-state index in [0.717, 1.165) is 114 Å². The summed E-state index contributed by atoms with van der Waals surface area (Å²) in [5.74, 6) is 0.117. The first-order valence-corrected chi connectivity index (χ1v) is 35.9. The summed E-state index contributed by atoms with van der Waals surface area (Å²) in [4.78, 5) is 72.0. The van der Waals surface area contributed by atoms with E-state index >= 15 is 0 Å². The second kappa shape index (κ2) is 54.5. The van der Waals surface area contributed by atoms with Crippen molar-refractivity contribution in [3.05, 3.63) is 0 Å². The minimum atomic E-state index is -4.94. The third-order valence-electron chi connectivity index (χ3n) is 14.7. The highest BCUT2D eigenvalue weighted by Gasteiger charge is 2.30. The maximum atomic E-state index is 13.0. The Bertz CT molecular complexity index is 1630. The number of ether oxygens (including phenoxy) is 4. The molecule has 0 radical (unpaired) electrons. The van der Waals surface area contributed by atoms with Gasteiger partial charge >= 0.3 is 39.5 Å². The van der Waals surface area contributed by atoms with Gasteiger partial charge in [0.05, 0.1) is 26.4 Å². The van der Waals surface area contributed by atoms with Crippen LogP contribution in [0.2, 0.25) is 0 Å². The van der Waals surface area contributed by atoms with Gasteiger partial charge in [0, 0.05) is 25.7 Å². The zero-order valence-corrected chi connectivity index (χ0v) is 54.7. The molecular formula is C63H122O17P2. The van der Waals surface area contributed by atoms with Gasteiger partial charge in [-0.25, -0.2) is 9.13 Å². The normalized spacial score (nSPS) is 14.7. The molecule has 486 valence electrons. The molecule has 6 atom stereocenters. The van der Waals surface area contributed by atoms with Crippen LogP contribution in [0.3, 0.4) is 0 Å². The number of rotatable bonds is 61. The van der Waals surface area contributed by atoms with E-state index in [-0.39, 0.29) is 25.7 Å². The third-order valence-corrected chi connectivity index (χ3v) is 16.6. The average molecular weight is 1210 g/mol. The first-order chi connectivity index (χ1) is 39.3. The quantitative estimate of drug-likeness (QED) is 0.0222. The minimum Gasteiger partial charge on any atom is -0.462 e. The molecule has 0 aliphatic rings. The molecule has 19 heteroatoms. The molecule has 0 aromatic rings. The number of aliphatic hydroxyl groups is 1. The van der Waals surface area contributed by atoms with Gasteiger partial charge < -0.3 is 33.8 Å². The van der Waals surface area contributed by atoms with Crippen LogP contribution in [0.5, 0.6) is 0 Å². The van der Waals surface area contributed by atoms with E-state index in [2.05, 4.69) is 48.5 Å². The minimum absolute atomic E-state index is 0.103. The summed E-state index contributed by atoms with van der Waals surface area (Å²) >= 11 is 0. The van der Waals surface area contributed by atoms with Crippen molar-refractivity contribution in [1.82, 2.24) is 0 Å². The van der Waals surface area contributed by atoms with E-state index in [1.54, 1.807) is 0 Å². The van der Waals surface area contributed by atoms with Gasteiger partial charge in [0.15, 0.2) is 12.2 Å². The van der Waals surface area contributed by atoms with Gasteiger partial charge in [0.25, 0.3) is 0 Å². The van der Waals surface area contributed by atoms with Crippen LogP contribution >= 0.6 is 15.6 Å². The molecule has 0 aliphatic carbocycles. The highest BCUT2D eigenvalue weighted by Crippen LogP contribution is 2.45. The Labute approximate surface area is 498 Å². The molecule has 0 saturated carbocycles. The topological polar surface area (TPSA) is 237 Å². The smallest absolute Gasteiger partial charge is 0.462 e. The van der Waals surface area contributed by atoms with Crippen LogP contribution in [0, 0.1) is 17.8 Å². The Balaban J connectivity index is 5.19. The lowest BCUT2D eigenvalue weighted by Crippen LogP contribution is -2.30. The standard InChI is InChI=1S/C63H122O17P2/c1-8-10-11-27-37-44-60(65)73-50-58(79-63(68)47-40-33-26-20-19-23-30-36-43-56(7)9-2)52-77-81(69,70)75-48-57(64)49-76-82(71,72)78-53-59(51-74-61(66)45-38-31-24-18-14-16-22-29-35-42-55(5)6)80-62(67)46-39-32-25-17-13-12-15-21-28-34-41-54(3)4/h54-59,64H,8-53H2,1-7H3,(H,69,70)(H,71,72)/t56?,57-,58+,59+/m0/s1. The van der Waals surface area contributed by atoms with Crippen molar-refractivity contribution < 1.29 is 80.2 Å². The highest BCUT2D eigenvalue weighted by atomic mass is 31.2. The molecule has 82 heavy (non-hydrogen) atoms. The van der Waals surface area contributed by atoms with Crippen LogP contribution < -0.4 is 0 Å². The molecule has 0 aromatic heterocycles. The Kier molecular flexibility index (Phi) is 53.2. The predicted octanol–water partition coefficient (Wildman–Crippen LogP) is 17.1. The fourth-order valence-electron chi connectivity index (χ4n) is 9.27. The zero-order chi connectivity index (χ0) is 61.0. The molecule has 0 spiro atoms. The van der Waals surface area contributed by atoms with Gasteiger partial charge in [0.2, 0.25) is 0 Å². The van der Waals surface area contributed by atoms with E-state index in [1.165, 1.54) is 109 Å². The van der Waals surface area contributed by atoms with Gasteiger partial charge in [-0.1, -0.05) is 254 Å². The van der Waals surface area contributed by atoms with Crippen LogP contribution in [0.1, 0.15) is 305 Å². The molecule has 0 aliphatic heterocycles. The fourth-order valence-corrected chi connectivity index (χ4v) is 10.9. The number of esters is 4. The highest BCUT2D eigenvalue weighted by molar-refractivity contribution is 7.47. The van der Waals surface area contributed by atoms with E-state index < -0.39 is 97.5 Å². The van der Waals surface area contributed by atoms with Gasteiger partial charge in [0.1, 0.15) is 19.3 Å². The maximum Gasteiger partial charge on any atom is 0.472 e. The van der Waals surface area contributed by atoms with Crippen LogP contribution in [-0.4, -0.2) is 96.7 Å². The Morgan fingerprint density at radius 2 is 0.622 bits per heavy atom. The lowest BCUT2D eigenvalue weighted by atomic mass is 9.99. The number of phosphoric acid groups is 2. The molecule has 0 bridgehead atoms. The molecule has 3 unspecified atom stereocenters. The largest absolute Gasteiger partial charge is 0.472 e. The molecule has 3 N–H and O–H groups in total. The first-order valence-electron chi connectivity index (χ1n) is 32.9. The fraction of sp³-hybridized carbons (Fsp3) is 0.937. The van der Waals surface area contributed by atoms with Gasteiger partial charge in [-0.2, -0.15) is 0 Å². The molecule has 0 saturated heterocycles. The lowest BCUT2D eigenvalue weighted by Gasteiger charge is -2.21. The predicted molar refractivity (Wildman–Crippen MR) is 326 cm³/mol. The molecular weight excluding hydrogens is 1090 g/mol. The summed E-state index contributed by atoms with van der Waals surface area (Å²) in [5, 5.41) is 10.5. The number of hydrogen-bond donors (Lipinski definition) is 3. The van der Waals surface area contributed by atoms with Gasteiger partial charge in [-0.3, -0.25) is 37.3 Å². The molecule has 0 amide bonds. The average Bonchev–Trinajstić information content (AvgIpc) is 3.45. The molecule has 0 rings (SSSR count).